The number of carbonyl (C=O) groups is 1. The van der Waals surface area contributed by atoms with Crippen molar-refractivity contribution < 1.29 is 14.1 Å². The van der Waals surface area contributed by atoms with Gasteiger partial charge in [-0.05, 0) is 32.4 Å². The molecular weight excluding hydrogens is 352 g/mol. The lowest BCUT2D eigenvalue weighted by atomic mass is 10.1. The van der Waals surface area contributed by atoms with E-state index >= 15 is 0 Å². The SMILES string of the molecule is Cc1cc(C)nc(SCC(=O)OCc2nc(-c3ccccc3C)no2)n1. The number of rotatable bonds is 6. The molecule has 2 aromatic heterocycles. The number of carbonyl (C=O) groups excluding carboxylic acids is 1. The van der Waals surface area contributed by atoms with Gasteiger partial charge in [-0.25, -0.2) is 9.97 Å². The standard InChI is InChI=1S/C18H18N4O3S/c1-11-6-4-5-7-14(11)17-21-15(25-22-17)9-24-16(23)10-26-18-19-12(2)8-13(3)20-18/h4-8H,9-10H2,1-3H3. The Bertz CT molecular complexity index is 906. The number of thioether (sulfide) groups is 1. The fraction of sp³-hybridized carbons (Fsp3) is 0.278. The number of benzene rings is 1. The molecular formula is C18H18N4O3S. The molecule has 0 aliphatic heterocycles. The Balaban J connectivity index is 1.53. The van der Waals surface area contributed by atoms with Gasteiger partial charge >= 0.3 is 5.97 Å². The molecule has 26 heavy (non-hydrogen) atoms. The number of hydrogen-bond acceptors (Lipinski definition) is 8. The maximum absolute atomic E-state index is 11.9. The lowest BCUT2D eigenvalue weighted by molar-refractivity contribution is -0.142. The lowest BCUT2D eigenvalue weighted by Gasteiger charge is -2.03. The predicted molar refractivity (Wildman–Crippen MR) is 96.5 cm³/mol. The van der Waals surface area contributed by atoms with Crippen molar-refractivity contribution in [1.82, 2.24) is 20.1 Å². The molecule has 0 aliphatic carbocycles. The van der Waals surface area contributed by atoms with Crippen LogP contribution in [-0.4, -0.2) is 31.8 Å². The van der Waals surface area contributed by atoms with Crippen molar-refractivity contribution in [3.05, 3.63) is 53.2 Å². The highest BCUT2D eigenvalue weighted by Gasteiger charge is 2.13. The van der Waals surface area contributed by atoms with Crippen LogP contribution in [0.5, 0.6) is 0 Å². The Hall–Kier alpha value is -2.74. The average molecular weight is 370 g/mol. The van der Waals surface area contributed by atoms with Crippen LogP contribution >= 0.6 is 11.8 Å². The van der Waals surface area contributed by atoms with Crippen LogP contribution in [0.25, 0.3) is 11.4 Å². The number of esters is 1. The van der Waals surface area contributed by atoms with E-state index < -0.39 is 5.97 Å². The fourth-order valence-corrected chi connectivity index (χ4v) is 3.06. The zero-order valence-electron chi connectivity index (χ0n) is 14.7. The third-order valence-electron chi connectivity index (χ3n) is 3.49. The third kappa shape index (κ3) is 4.66. The second-order valence-corrected chi connectivity index (χ2v) is 6.65. The van der Waals surface area contributed by atoms with Crippen LogP contribution in [0, 0.1) is 20.8 Å². The summed E-state index contributed by atoms with van der Waals surface area (Å²) in [6, 6.07) is 9.61. The minimum Gasteiger partial charge on any atom is -0.455 e. The van der Waals surface area contributed by atoms with E-state index in [0.29, 0.717) is 11.0 Å². The smallest absolute Gasteiger partial charge is 0.316 e. The van der Waals surface area contributed by atoms with Crippen molar-refractivity contribution in [1.29, 1.82) is 0 Å². The second-order valence-electron chi connectivity index (χ2n) is 5.71. The summed E-state index contributed by atoms with van der Waals surface area (Å²) in [5.41, 5.74) is 3.66. The Morgan fingerprint density at radius 3 is 2.58 bits per heavy atom. The van der Waals surface area contributed by atoms with E-state index in [1.165, 1.54) is 11.8 Å². The van der Waals surface area contributed by atoms with Gasteiger partial charge in [-0.2, -0.15) is 4.98 Å². The van der Waals surface area contributed by atoms with E-state index in [1.807, 2.05) is 51.1 Å². The molecule has 3 rings (SSSR count). The zero-order valence-corrected chi connectivity index (χ0v) is 15.5. The highest BCUT2D eigenvalue weighted by Crippen LogP contribution is 2.20. The largest absolute Gasteiger partial charge is 0.455 e. The van der Waals surface area contributed by atoms with E-state index in [1.54, 1.807) is 0 Å². The molecule has 3 aromatic rings. The van der Waals surface area contributed by atoms with Gasteiger partial charge < -0.3 is 9.26 Å². The summed E-state index contributed by atoms with van der Waals surface area (Å²) in [6.07, 6.45) is 0. The van der Waals surface area contributed by atoms with Gasteiger partial charge in [0.1, 0.15) is 0 Å². The maximum atomic E-state index is 11.9. The topological polar surface area (TPSA) is 91.0 Å². The first-order valence-corrected chi connectivity index (χ1v) is 8.99. The highest BCUT2D eigenvalue weighted by molar-refractivity contribution is 7.99. The zero-order chi connectivity index (χ0) is 18.5. The summed E-state index contributed by atoms with van der Waals surface area (Å²) in [5.74, 6) is 0.451. The van der Waals surface area contributed by atoms with E-state index in [2.05, 4.69) is 20.1 Å². The van der Waals surface area contributed by atoms with Crippen LogP contribution in [0.4, 0.5) is 0 Å². The molecule has 8 heteroatoms. The summed E-state index contributed by atoms with van der Waals surface area (Å²) in [4.78, 5) is 24.7. The Labute approximate surface area is 155 Å². The monoisotopic (exact) mass is 370 g/mol. The molecule has 2 heterocycles. The van der Waals surface area contributed by atoms with Gasteiger partial charge in [-0.15, -0.1) is 0 Å². The first-order chi connectivity index (χ1) is 12.5. The average Bonchev–Trinajstić information content (AvgIpc) is 3.06. The first kappa shape index (κ1) is 18.1. The third-order valence-corrected chi connectivity index (χ3v) is 4.31. The number of ether oxygens (including phenoxy) is 1. The van der Waals surface area contributed by atoms with Crippen LogP contribution in [0.1, 0.15) is 22.8 Å². The van der Waals surface area contributed by atoms with Crippen molar-refractivity contribution in [2.24, 2.45) is 0 Å². The molecule has 0 N–H and O–H groups in total. The van der Waals surface area contributed by atoms with Gasteiger partial charge in [0.25, 0.3) is 5.89 Å². The Morgan fingerprint density at radius 1 is 1.12 bits per heavy atom. The van der Waals surface area contributed by atoms with Crippen LogP contribution in [-0.2, 0) is 16.1 Å². The van der Waals surface area contributed by atoms with Gasteiger partial charge in [0.2, 0.25) is 5.82 Å². The second kappa shape index (κ2) is 8.09. The van der Waals surface area contributed by atoms with Gasteiger partial charge in [0, 0.05) is 17.0 Å². The Morgan fingerprint density at radius 2 is 1.85 bits per heavy atom. The number of nitrogens with zero attached hydrogens (tertiary/aromatic N) is 4. The molecule has 0 atom stereocenters. The minimum absolute atomic E-state index is 0.0635. The molecule has 7 nitrogen and oxygen atoms in total. The van der Waals surface area contributed by atoms with Crippen molar-refractivity contribution in [2.75, 3.05) is 5.75 Å². The predicted octanol–water partition coefficient (Wildman–Crippen LogP) is 3.29. The van der Waals surface area contributed by atoms with Crippen molar-refractivity contribution in [2.45, 2.75) is 32.5 Å². The molecule has 0 fully saturated rings. The number of aryl methyl sites for hydroxylation is 3. The summed E-state index contributed by atoms with van der Waals surface area (Å²) in [6.45, 7) is 5.68. The van der Waals surface area contributed by atoms with E-state index in [4.69, 9.17) is 9.26 Å². The van der Waals surface area contributed by atoms with Gasteiger partial charge in [-0.3, -0.25) is 4.79 Å². The highest BCUT2D eigenvalue weighted by atomic mass is 32.2. The van der Waals surface area contributed by atoms with Gasteiger partial charge in [-0.1, -0.05) is 41.2 Å². The molecule has 0 saturated heterocycles. The molecule has 0 bridgehead atoms. The van der Waals surface area contributed by atoms with Crippen molar-refractivity contribution in [3.63, 3.8) is 0 Å². The molecule has 0 spiro atoms. The summed E-state index contributed by atoms with van der Waals surface area (Å²) in [7, 11) is 0. The molecule has 134 valence electrons. The quantitative estimate of drug-likeness (QED) is 0.371. The fourth-order valence-electron chi connectivity index (χ4n) is 2.31. The van der Waals surface area contributed by atoms with Crippen LogP contribution in [0.3, 0.4) is 0 Å². The minimum atomic E-state index is -0.395. The Kier molecular flexibility index (Phi) is 5.62. The van der Waals surface area contributed by atoms with E-state index in [9.17, 15) is 4.79 Å². The molecule has 0 unspecified atom stereocenters. The molecule has 0 radical (unpaired) electrons. The van der Waals surface area contributed by atoms with E-state index in [0.717, 1.165) is 22.5 Å². The van der Waals surface area contributed by atoms with Gasteiger partial charge in [0.05, 0.1) is 5.75 Å². The van der Waals surface area contributed by atoms with Crippen LogP contribution < -0.4 is 0 Å². The molecule has 0 aliphatic rings. The summed E-state index contributed by atoms with van der Waals surface area (Å²) in [5, 5.41) is 4.49. The van der Waals surface area contributed by atoms with Crippen molar-refractivity contribution >= 4 is 17.7 Å². The first-order valence-electron chi connectivity index (χ1n) is 8.00. The van der Waals surface area contributed by atoms with Crippen LogP contribution in [0.2, 0.25) is 0 Å². The summed E-state index contributed by atoms with van der Waals surface area (Å²) < 4.78 is 10.3. The molecule has 0 amide bonds. The molecule has 1 aromatic carbocycles. The normalized spacial score (nSPS) is 10.7. The van der Waals surface area contributed by atoms with Crippen LogP contribution in [0.15, 0.2) is 40.0 Å². The lowest BCUT2D eigenvalue weighted by Crippen LogP contribution is -2.08. The number of hydrogen-bond donors (Lipinski definition) is 0. The molecule has 0 saturated carbocycles. The number of aromatic nitrogens is 4. The van der Waals surface area contributed by atoms with E-state index in [-0.39, 0.29) is 18.3 Å². The summed E-state index contributed by atoms with van der Waals surface area (Å²) >= 11 is 1.23. The maximum Gasteiger partial charge on any atom is 0.316 e. The van der Waals surface area contributed by atoms with Gasteiger partial charge in [0.15, 0.2) is 11.8 Å². The van der Waals surface area contributed by atoms with Crippen molar-refractivity contribution in [3.8, 4) is 11.4 Å².